The molecule has 9 heteroatoms. The van der Waals surface area contributed by atoms with Crippen molar-refractivity contribution in [2.75, 3.05) is 0 Å². The summed E-state index contributed by atoms with van der Waals surface area (Å²) in [5.41, 5.74) is -4.42. The second-order valence-corrected chi connectivity index (χ2v) is 9.25. The number of carbonyl (C=O) groups is 3. The molecule has 2 aromatic rings. The third-order valence-electron chi connectivity index (χ3n) is 6.13. The van der Waals surface area contributed by atoms with Crippen LogP contribution in [0.25, 0.3) is 0 Å². The molecule has 1 aromatic heterocycles. The van der Waals surface area contributed by atoms with Crippen molar-refractivity contribution in [3.05, 3.63) is 70.8 Å². The van der Waals surface area contributed by atoms with E-state index in [1.54, 1.807) is 39.0 Å². The number of nitrogens with one attached hydrogen (secondary N) is 1. The minimum atomic E-state index is -5.25. The molecule has 2 aliphatic rings. The first kappa shape index (κ1) is 22.8. The Hall–Kier alpha value is -3.36. The molecular weight excluding hydrogens is 437 g/mol. The summed E-state index contributed by atoms with van der Waals surface area (Å²) < 4.78 is 49.5. The number of Topliss-reactive ketones (excluding diaryl/α,β-unsaturated/α-hetero) is 1. The molecule has 1 atom stereocenters. The average Bonchev–Trinajstić information content (AvgIpc) is 3.28. The van der Waals surface area contributed by atoms with Crippen molar-refractivity contribution >= 4 is 17.6 Å². The van der Waals surface area contributed by atoms with E-state index in [1.807, 2.05) is 5.32 Å². The summed E-state index contributed by atoms with van der Waals surface area (Å²) in [6, 6.07) is 9.19. The number of hydrogen-bond acceptors (Lipinski definition) is 4. The molecule has 33 heavy (non-hydrogen) atoms. The van der Waals surface area contributed by atoms with Crippen molar-refractivity contribution in [1.29, 1.82) is 0 Å². The minimum absolute atomic E-state index is 0.0100. The minimum Gasteiger partial charge on any atom is -0.467 e. The molecule has 1 aliphatic heterocycles. The van der Waals surface area contributed by atoms with Gasteiger partial charge in [0.2, 0.25) is 5.54 Å². The van der Waals surface area contributed by atoms with E-state index in [2.05, 4.69) is 0 Å². The van der Waals surface area contributed by atoms with Gasteiger partial charge < -0.3 is 14.6 Å². The van der Waals surface area contributed by atoms with E-state index in [0.29, 0.717) is 5.56 Å². The lowest BCUT2D eigenvalue weighted by atomic mass is 9.72. The van der Waals surface area contributed by atoms with Gasteiger partial charge in [0.25, 0.3) is 11.8 Å². The second kappa shape index (κ2) is 7.60. The predicted molar refractivity (Wildman–Crippen MR) is 112 cm³/mol. The van der Waals surface area contributed by atoms with E-state index in [4.69, 9.17) is 4.42 Å². The SMILES string of the molecule is Cc1ccccc1C(=O)N[C@@]1(C(F)(F)F)C(=O)N(Cc2ccco2)C2=C1C(=O)CC(C)(C)C2. The maximum absolute atomic E-state index is 14.8. The fraction of sp³-hybridized carbons (Fsp3) is 0.375. The molecule has 2 heterocycles. The Morgan fingerprint density at radius 1 is 1.12 bits per heavy atom. The van der Waals surface area contributed by atoms with Crippen molar-refractivity contribution in [1.82, 2.24) is 10.2 Å². The molecule has 0 bridgehead atoms. The molecule has 0 spiro atoms. The van der Waals surface area contributed by atoms with Gasteiger partial charge in [0, 0.05) is 17.7 Å². The van der Waals surface area contributed by atoms with Crippen LogP contribution in [0.4, 0.5) is 13.2 Å². The summed E-state index contributed by atoms with van der Waals surface area (Å²) >= 11 is 0. The molecule has 0 radical (unpaired) electrons. The van der Waals surface area contributed by atoms with Gasteiger partial charge in [-0.15, -0.1) is 0 Å². The van der Waals surface area contributed by atoms with E-state index in [0.717, 1.165) is 4.90 Å². The average molecular weight is 460 g/mol. The summed E-state index contributed by atoms with van der Waals surface area (Å²) in [5, 5.41) is 1.94. The lowest BCUT2D eigenvalue weighted by Gasteiger charge is -2.35. The first-order valence-corrected chi connectivity index (χ1v) is 10.4. The molecule has 0 saturated carbocycles. The van der Waals surface area contributed by atoms with Crippen LogP contribution in [0.5, 0.6) is 0 Å². The number of halogens is 3. The molecule has 1 aromatic carbocycles. The van der Waals surface area contributed by atoms with Crippen molar-refractivity contribution < 1.29 is 32.0 Å². The molecule has 174 valence electrons. The maximum Gasteiger partial charge on any atom is 0.425 e. The highest BCUT2D eigenvalue weighted by Gasteiger charge is 2.71. The Kier molecular flexibility index (Phi) is 5.26. The summed E-state index contributed by atoms with van der Waals surface area (Å²) in [6.07, 6.45) is -4.01. The van der Waals surface area contributed by atoms with Gasteiger partial charge in [-0.2, -0.15) is 13.2 Å². The summed E-state index contributed by atoms with van der Waals surface area (Å²) in [5.74, 6) is -3.04. The Balaban J connectivity index is 1.89. The Bertz CT molecular complexity index is 1160. The van der Waals surface area contributed by atoms with Crippen molar-refractivity contribution in [3.63, 3.8) is 0 Å². The van der Waals surface area contributed by atoms with Gasteiger partial charge in [0.1, 0.15) is 5.76 Å². The first-order chi connectivity index (χ1) is 15.4. The standard InChI is InChI=1S/C24H23F3N2O4/c1-14-7-4-5-9-16(14)20(31)28-23(24(25,26)27)19-17(11-22(2,3)12-18(19)30)29(21(23)32)13-15-8-6-10-33-15/h4-10H,11-13H2,1-3H3,(H,28,31)/t23-/m1/s1. The van der Waals surface area contributed by atoms with Gasteiger partial charge in [0.15, 0.2) is 5.78 Å². The van der Waals surface area contributed by atoms with Crippen molar-refractivity contribution in [2.45, 2.75) is 51.9 Å². The Morgan fingerprint density at radius 2 is 1.82 bits per heavy atom. The molecular formula is C24H23F3N2O4. The number of alkyl halides is 3. The summed E-state index contributed by atoms with van der Waals surface area (Å²) in [4.78, 5) is 40.6. The zero-order valence-electron chi connectivity index (χ0n) is 18.4. The molecule has 4 rings (SSSR count). The van der Waals surface area contributed by atoms with Crippen LogP contribution in [0.1, 0.15) is 48.4 Å². The maximum atomic E-state index is 14.8. The fourth-order valence-corrected chi connectivity index (χ4v) is 4.62. The van der Waals surface area contributed by atoms with Crippen molar-refractivity contribution in [2.24, 2.45) is 5.41 Å². The largest absolute Gasteiger partial charge is 0.467 e. The molecule has 0 fully saturated rings. The smallest absolute Gasteiger partial charge is 0.425 e. The third-order valence-corrected chi connectivity index (χ3v) is 6.13. The Morgan fingerprint density at radius 3 is 2.42 bits per heavy atom. The normalized spacial score (nSPS) is 22.5. The highest BCUT2D eigenvalue weighted by Crippen LogP contribution is 2.52. The van der Waals surface area contributed by atoms with Crippen LogP contribution < -0.4 is 5.32 Å². The topological polar surface area (TPSA) is 79.6 Å². The van der Waals surface area contributed by atoms with Gasteiger partial charge in [0.05, 0.1) is 18.4 Å². The fourth-order valence-electron chi connectivity index (χ4n) is 4.62. The van der Waals surface area contributed by atoms with E-state index in [1.165, 1.54) is 24.5 Å². The quantitative estimate of drug-likeness (QED) is 0.738. The number of ketones is 1. The van der Waals surface area contributed by atoms with E-state index in [9.17, 15) is 27.6 Å². The zero-order chi connectivity index (χ0) is 24.2. The number of rotatable bonds is 4. The number of carbonyl (C=O) groups excluding carboxylic acids is 3. The van der Waals surface area contributed by atoms with E-state index in [-0.39, 0.29) is 36.4 Å². The number of amides is 2. The predicted octanol–water partition coefficient (Wildman–Crippen LogP) is 4.30. The number of hydrogen-bond donors (Lipinski definition) is 1. The van der Waals surface area contributed by atoms with Crippen LogP contribution in [-0.4, -0.2) is 34.2 Å². The van der Waals surface area contributed by atoms with Gasteiger partial charge in [-0.05, 0) is 42.5 Å². The van der Waals surface area contributed by atoms with Gasteiger partial charge in [-0.25, -0.2) is 0 Å². The van der Waals surface area contributed by atoms with Crippen LogP contribution in [-0.2, 0) is 16.1 Å². The summed E-state index contributed by atoms with van der Waals surface area (Å²) in [6.45, 7) is 4.80. The monoisotopic (exact) mass is 460 g/mol. The van der Waals surface area contributed by atoms with Crippen molar-refractivity contribution in [3.8, 4) is 0 Å². The van der Waals surface area contributed by atoms with Gasteiger partial charge in [-0.3, -0.25) is 14.4 Å². The first-order valence-electron chi connectivity index (χ1n) is 10.4. The molecule has 0 unspecified atom stereocenters. The van der Waals surface area contributed by atoms with Gasteiger partial charge in [-0.1, -0.05) is 32.0 Å². The molecule has 1 aliphatic carbocycles. The second-order valence-electron chi connectivity index (χ2n) is 9.25. The van der Waals surface area contributed by atoms with Crippen LogP contribution in [0.15, 0.2) is 58.3 Å². The highest BCUT2D eigenvalue weighted by molar-refractivity contribution is 6.14. The Labute approximate surface area is 188 Å². The molecule has 0 saturated heterocycles. The zero-order valence-corrected chi connectivity index (χ0v) is 18.4. The van der Waals surface area contributed by atoms with Crippen LogP contribution in [0, 0.1) is 12.3 Å². The third kappa shape index (κ3) is 3.65. The molecule has 6 nitrogen and oxygen atoms in total. The number of nitrogens with zero attached hydrogens (tertiary/aromatic N) is 1. The summed E-state index contributed by atoms with van der Waals surface area (Å²) in [7, 11) is 0. The lowest BCUT2D eigenvalue weighted by molar-refractivity contribution is -0.191. The van der Waals surface area contributed by atoms with E-state index >= 15 is 0 Å². The number of furan rings is 1. The van der Waals surface area contributed by atoms with Crippen LogP contribution in [0.2, 0.25) is 0 Å². The van der Waals surface area contributed by atoms with Crippen LogP contribution >= 0.6 is 0 Å². The number of allylic oxidation sites excluding steroid dienone is 1. The molecule has 1 N–H and O–H groups in total. The number of benzene rings is 1. The van der Waals surface area contributed by atoms with E-state index < -0.39 is 40.3 Å². The van der Waals surface area contributed by atoms with Crippen LogP contribution in [0.3, 0.4) is 0 Å². The molecule has 2 amide bonds. The highest BCUT2D eigenvalue weighted by atomic mass is 19.4. The number of aryl methyl sites for hydroxylation is 1. The van der Waals surface area contributed by atoms with Gasteiger partial charge >= 0.3 is 6.18 Å². The lowest BCUT2D eigenvalue weighted by Crippen LogP contribution is -2.66.